The average Bonchev–Trinajstić information content (AvgIpc) is 3.08. The van der Waals surface area contributed by atoms with Gasteiger partial charge >= 0.3 is 0 Å². The topological polar surface area (TPSA) is 85.9 Å². The van der Waals surface area contributed by atoms with Crippen molar-refractivity contribution in [1.29, 1.82) is 5.26 Å². The van der Waals surface area contributed by atoms with E-state index in [0.717, 1.165) is 17.1 Å². The Morgan fingerprint density at radius 2 is 2.24 bits per heavy atom. The van der Waals surface area contributed by atoms with E-state index in [0.29, 0.717) is 25.0 Å². The predicted molar refractivity (Wildman–Crippen MR) is 117 cm³/mol. The average molecular weight is 411 g/mol. The van der Waals surface area contributed by atoms with Crippen LogP contribution in [0.5, 0.6) is 0 Å². The number of rotatable bonds is 6. The molecule has 3 rings (SSSR count). The lowest BCUT2D eigenvalue weighted by Gasteiger charge is -2.25. The Bertz CT molecular complexity index is 869. The molecule has 0 fully saturated rings. The van der Waals surface area contributed by atoms with Crippen LogP contribution in [0.2, 0.25) is 0 Å². The first-order valence-electron chi connectivity index (χ1n) is 9.56. The van der Waals surface area contributed by atoms with Gasteiger partial charge < -0.3 is 4.74 Å². The Labute approximate surface area is 176 Å². The van der Waals surface area contributed by atoms with E-state index in [4.69, 9.17) is 10.00 Å². The number of hydrogen-bond donors (Lipinski definition) is 1. The largest absolute Gasteiger partial charge is 0.475 e. The Kier molecular flexibility index (Phi) is 6.94. The van der Waals surface area contributed by atoms with E-state index in [1.54, 1.807) is 24.2 Å². The smallest absolute Gasteiger partial charge is 0.215 e. The number of guanidine groups is 1. The van der Waals surface area contributed by atoms with E-state index in [2.05, 4.69) is 47.1 Å². The van der Waals surface area contributed by atoms with Crippen LogP contribution in [0.1, 0.15) is 26.3 Å². The maximum atomic E-state index is 9.14. The molecule has 0 radical (unpaired) electrons. The van der Waals surface area contributed by atoms with E-state index in [9.17, 15) is 0 Å². The van der Waals surface area contributed by atoms with Gasteiger partial charge in [-0.1, -0.05) is 13.0 Å². The summed E-state index contributed by atoms with van der Waals surface area (Å²) in [6.07, 6.45) is 11.5. The van der Waals surface area contributed by atoms with E-state index in [1.165, 1.54) is 5.56 Å². The van der Waals surface area contributed by atoms with Crippen LogP contribution >= 0.6 is 11.8 Å². The number of hydrogen-bond acceptors (Lipinski definition) is 6. The first kappa shape index (κ1) is 20.9. The minimum atomic E-state index is -0.213. The fraction of sp³-hybridized carbons (Fsp3) is 0.429. The van der Waals surface area contributed by atoms with Crippen molar-refractivity contribution >= 4 is 23.6 Å². The van der Waals surface area contributed by atoms with Gasteiger partial charge in [0.1, 0.15) is 6.61 Å². The first-order valence-corrected chi connectivity index (χ1v) is 10.7. The molecular weight excluding hydrogens is 384 g/mol. The second-order valence-electron chi connectivity index (χ2n) is 7.49. The highest BCUT2D eigenvalue weighted by molar-refractivity contribution is 7.98. The van der Waals surface area contributed by atoms with Gasteiger partial charge in [-0.05, 0) is 31.5 Å². The molecule has 1 unspecified atom stereocenters. The maximum absolute atomic E-state index is 9.14. The highest BCUT2D eigenvalue weighted by Crippen LogP contribution is 2.27. The van der Waals surface area contributed by atoms with Gasteiger partial charge in [0.2, 0.25) is 11.9 Å². The molecule has 1 N–H and O–H groups in total. The minimum absolute atomic E-state index is 0.179. The molecule has 1 aromatic heterocycles. The predicted octanol–water partition coefficient (Wildman–Crippen LogP) is 3.30. The van der Waals surface area contributed by atoms with Gasteiger partial charge in [0.25, 0.3) is 0 Å². The summed E-state index contributed by atoms with van der Waals surface area (Å²) in [5.74, 6) is 3.11. The summed E-state index contributed by atoms with van der Waals surface area (Å²) in [7, 11) is 0. The van der Waals surface area contributed by atoms with Crippen molar-refractivity contribution in [2.75, 3.05) is 18.9 Å². The van der Waals surface area contributed by atoms with E-state index in [-0.39, 0.29) is 11.5 Å². The van der Waals surface area contributed by atoms with Crippen LogP contribution in [0, 0.1) is 17.4 Å². The number of nitriles is 1. The lowest BCUT2D eigenvalue weighted by molar-refractivity contribution is 0.277. The van der Waals surface area contributed by atoms with Crippen molar-refractivity contribution in [3.8, 4) is 6.19 Å². The molecule has 8 heteroatoms. The molecule has 7 nitrogen and oxygen atoms in total. The lowest BCUT2D eigenvalue weighted by atomic mass is 9.99. The summed E-state index contributed by atoms with van der Waals surface area (Å²) < 4.78 is 5.81. The summed E-state index contributed by atoms with van der Waals surface area (Å²) in [5, 5.41) is 11.8. The van der Waals surface area contributed by atoms with Gasteiger partial charge in [-0.2, -0.15) is 17.0 Å². The van der Waals surface area contributed by atoms with Crippen molar-refractivity contribution in [1.82, 2.24) is 15.2 Å². The molecule has 0 spiro atoms. The van der Waals surface area contributed by atoms with Gasteiger partial charge in [-0.3, -0.25) is 20.2 Å². The van der Waals surface area contributed by atoms with Gasteiger partial charge in [-0.15, -0.1) is 0 Å². The third-order valence-electron chi connectivity index (χ3n) is 4.44. The standard InChI is InChI=1S/C21H26N6OS/c1-16-6-10-27(12-18(16)19-26-21(2,3)14-28-19)20(25-15-22)24-9-11-29-13-17-4-7-23-8-5-17/h4-8,10,12,16H,9,11,13-14H2,1-3H3,(H,24,25). The quantitative estimate of drug-likeness (QED) is 0.255. The third kappa shape index (κ3) is 5.84. The maximum Gasteiger partial charge on any atom is 0.215 e. The number of aliphatic imine (C=N–C) groups is 2. The lowest BCUT2D eigenvalue weighted by Crippen LogP contribution is -2.35. The monoisotopic (exact) mass is 410 g/mol. The third-order valence-corrected chi connectivity index (χ3v) is 5.45. The van der Waals surface area contributed by atoms with Crippen LogP contribution in [0.25, 0.3) is 0 Å². The van der Waals surface area contributed by atoms with Crippen LogP contribution in [0.3, 0.4) is 0 Å². The molecule has 2 aliphatic rings. The second-order valence-corrected chi connectivity index (χ2v) is 8.60. The molecule has 0 aromatic carbocycles. The Morgan fingerprint density at radius 3 is 2.93 bits per heavy atom. The number of nitrogens with one attached hydrogen (secondary N) is 1. The molecule has 1 atom stereocenters. The van der Waals surface area contributed by atoms with E-state index < -0.39 is 0 Å². The Morgan fingerprint density at radius 1 is 1.45 bits per heavy atom. The van der Waals surface area contributed by atoms with E-state index in [1.807, 2.05) is 35.6 Å². The molecule has 29 heavy (non-hydrogen) atoms. The minimum Gasteiger partial charge on any atom is -0.475 e. The summed E-state index contributed by atoms with van der Waals surface area (Å²) in [6, 6.07) is 4.03. The number of thioether (sulfide) groups is 1. The molecular formula is C21H26N6OS. The van der Waals surface area contributed by atoms with Crippen molar-refractivity contribution in [2.24, 2.45) is 15.9 Å². The molecule has 0 bridgehead atoms. The number of ether oxygens (including phenoxy) is 1. The number of aromatic nitrogens is 1. The summed E-state index contributed by atoms with van der Waals surface area (Å²) in [6.45, 7) is 7.38. The van der Waals surface area contributed by atoms with Crippen LogP contribution in [0.4, 0.5) is 0 Å². The highest BCUT2D eigenvalue weighted by Gasteiger charge is 2.31. The molecule has 0 aliphatic carbocycles. The SMILES string of the molecule is CC1C=CN(C(=NCCSCc2ccncc2)NC#N)C=C1C1=NC(C)(C)CO1. The molecule has 2 aliphatic heterocycles. The molecule has 3 heterocycles. The summed E-state index contributed by atoms with van der Waals surface area (Å²) in [4.78, 5) is 15.1. The molecule has 0 saturated carbocycles. The van der Waals surface area contributed by atoms with Crippen LogP contribution in [-0.4, -0.2) is 46.2 Å². The fourth-order valence-corrected chi connectivity index (χ4v) is 3.66. The normalized spacial score (nSPS) is 20.6. The number of nitrogens with zero attached hydrogens (tertiary/aromatic N) is 5. The summed E-state index contributed by atoms with van der Waals surface area (Å²) in [5.41, 5.74) is 2.01. The van der Waals surface area contributed by atoms with Gasteiger partial charge in [-0.25, -0.2) is 4.99 Å². The van der Waals surface area contributed by atoms with Crippen LogP contribution < -0.4 is 5.32 Å². The first-order chi connectivity index (χ1) is 14.0. The Hall–Kier alpha value is -2.79. The molecule has 0 saturated heterocycles. The number of allylic oxidation sites excluding steroid dienone is 1. The zero-order valence-corrected chi connectivity index (χ0v) is 17.8. The summed E-state index contributed by atoms with van der Waals surface area (Å²) >= 11 is 1.80. The second kappa shape index (κ2) is 9.61. The Balaban J connectivity index is 1.63. The van der Waals surface area contributed by atoms with Crippen molar-refractivity contribution in [3.63, 3.8) is 0 Å². The number of pyridine rings is 1. The zero-order chi connectivity index (χ0) is 20.7. The highest BCUT2D eigenvalue weighted by atomic mass is 32.2. The molecule has 1 aromatic rings. The van der Waals surface area contributed by atoms with Crippen LogP contribution in [-0.2, 0) is 10.5 Å². The van der Waals surface area contributed by atoms with Gasteiger partial charge in [0.05, 0.1) is 12.1 Å². The zero-order valence-electron chi connectivity index (χ0n) is 17.0. The van der Waals surface area contributed by atoms with Crippen molar-refractivity contribution in [3.05, 3.63) is 54.1 Å². The van der Waals surface area contributed by atoms with E-state index >= 15 is 0 Å². The van der Waals surface area contributed by atoms with Crippen molar-refractivity contribution in [2.45, 2.75) is 32.1 Å². The fourth-order valence-electron chi connectivity index (χ4n) is 2.87. The molecule has 152 valence electrons. The van der Waals surface area contributed by atoms with Gasteiger partial charge in [0.15, 0.2) is 6.19 Å². The molecule has 0 amide bonds. The van der Waals surface area contributed by atoms with Gasteiger partial charge in [0, 0.05) is 47.8 Å². The van der Waals surface area contributed by atoms with Crippen molar-refractivity contribution < 1.29 is 4.74 Å². The van der Waals surface area contributed by atoms with Crippen LogP contribution in [0.15, 0.2) is 58.6 Å².